The molecule has 5 N–H and O–H groups in total. The van der Waals surface area contributed by atoms with Gasteiger partial charge in [0.15, 0.2) is 0 Å². The maximum atomic E-state index is 8.63. The Labute approximate surface area is 80.3 Å². The van der Waals surface area contributed by atoms with Crippen molar-refractivity contribution in [3.8, 4) is 0 Å². The minimum absolute atomic E-state index is 0.244. The Morgan fingerprint density at radius 1 is 1.31 bits per heavy atom. The first kappa shape index (κ1) is 12.8. The summed E-state index contributed by atoms with van der Waals surface area (Å²) in [5.41, 5.74) is 8.40. The Bertz CT molecular complexity index is 102. The van der Waals surface area contributed by atoms with Crippen LogP contribution in [0, 0.1) is 0 Å². The first-order valence-electron chi connectivity index (χ1n) is 4.79. The Morgan fingerprint density at radius 2 is 2.08 bits per heavy atom. The van der Waals surface area contributed by atoms with E-state index >= 15 is 0 Å². The van der Waals surface area contributed by atoms with Crippen LogP contribution in [-0.2, 0) is 0 Å². The predicted octanol–water partition coefficient (Wildman–Crippen LogP) is -1.65. The molecule has 0 aliphatic carbocycles. The fourth-order valence-corrected chi connectivity index (χ4v) is 1.04. The van der Waals surface area contributed by atoms with Crippen molar-refractivity contribution in [3.05, 3.63) is 0 Å². The van der Waals surface area contributed by atoms with E-state index in [1.807, 2.05) is 7.05 Å². The van der Waals surface area contributed by atoms with E-state index in [-0.39, 0.29) is 6.61 Å². The molecule has 0 rings (SSSR count). The second-order valence-electron chi connectivity index (χ2n) is 2.83. The zero-order valence-corrected chi connectivity index (χ0v) is 8.42. The Morgan fingerprint density at radius 3 is 2.62 bits per heavy atom. The molecular formula is C8H22N4O. The average molecular weight is 190 g/mol. The predicted molar refractivity (Wildman–Crippen MR) is 54.3 cm³/mol. The molecule has 0 bridgehead atoms. The summed E-state index contributed by atoms with van der Waals surface area (Å²) in [6.07, 6.45) is 0.803. The van der Waals surface area contributed by atoms with Crippen LogP contribution in [-0.4, -0.2) is 56.5 Å². The number of hydrazine groups is 1. The minimum atomic E-state index is 0.244. The van der Waals surface area contributed by atoms with Crippen LogP contribution >= 0.6 is 0 Å². The SMILES string of the molecule is CNN(CCCO)CCNCCN. The number of aliphatic hydroxyl groups excluding tert-OH is 1. The molecule has 0 atom stereocenters. The third-order valence-corrected chi connectivity index (χ3v) is 1.78. The van der Waals surface area contributed by atoms with Gasteiger partial charge in [-0.3, -0.25) is 5.43 Å². The Kier molecular flexibility index (Phi) is 9.73. The summed E-state index contributed by atoms with van der Waals surface area (Å²) < 4.78 is 0. The molecule has 0 saturated heterocycles. The van der Waals surface area contributed by atoms with Crippen molar-refractivity contribution in [2.45, 2.75) is 6.42 Å². The fraction of sp³-hybridized carbons (Fsp3) is 1.00. The van der Waals surface area contributed by atoms with E-state index in [2.05, 4.69) is 15.8 Å². The van der Waals surface area contributed by atoms with Crippen LogP contribution in [0.25, 0.3) is 0 Å². The van der Waals surface area contributed by atoms with Crippen LogP contribution in [0.4, 0.5) is 0 Å². The van der Waals surface area contributed by atoms with E-state index in [0.717, 1.165) is 32.6 Å². The molecule has 80 valence electrons. The molecule has 0 aliphatic heterocycles. The molecule has 0 aliphatic rings. The normalized spacial score (nSPS) is 11.1. The summed E-state index contributed by atoms with van der Waals surface area (Å²) in [6.45, 7) is 4.50. The van der Waals surface area contributed by atoms with Crippen LogP contribution in [0.15, 0.2) is 0 Å². The first-order valence-corrected chi connectivity index (χ1v) is 4.79. The van der Waals surface area contributed by atoms with Gasteiger partial charge in [-0.1, -0.05) is 0 Å². The van der Waals surface area contributed by atoms with Gasteiger partial charge in [-0.2, -0.15) is 0 Å². The molecule has 0 unspecified atom stereocenters. The summed E-state index contributed by atoms with van der Waals surface area (Å²) in [7, 11) is 1.89. The van der Waals surface area contributed by atoms with E-state index in [1.54, 1.807) is 0 Å². The van der Waals surface area contributed by atoms with Gasteiger partial charge >= 0.3 is 0 Å². The molecule has 0 heterocycles. The largest absolute Gasteiger partial charge is 0.396 e. The van der Waals surface area contributed by atoms with Crippen LogP contribution in [0.2, 0.25) is 0 Å². The van der Waals surface area contributed by atoms with Gasteiger partial charge in [0.05, 0.1) is 0 Å². The second kappa shape index (κ2) is 9.88. The molecule has 5 heteroatoms. The summed E-state index contributed by atoms with van der Waals surface area (Å²) in [4.78, 5) is 0. The molecule has 0 amide bonds. The third kappa shape index (κ3) is 8.14. The second-order valence-corrected chi connectivity index (χ2v) is 2.83. The van der Waals surface area contributed by atoms with E-state index in [0.29, 0.717) is 6.54 Å². The van der Waals surface area contributed by atoms with Crippen molar-refractivity contribution in [1.29, 1.82) is 0 Å². The molecule has 5 nitrogen and oxygen atoms in total. The lowest BCUT2D eigenvalue weighted by Gasteiger charge is -2.20. The van der Waals surface area contributed by atoms with Crippen LogP contribution < -0.4 is 16.5 Å². The molecule has 0 radical (unpaired) electrons. The van der Waals surface area contributed by atoms with E-state index in [1.165, 1.54) is 0 Å². The highest BCUT2D eigenvalue weighted by atomic mass is 16.3. The van der Waals surface area contributed by atoms with Crippen molar-refractivity contribution in [1.82, 2.24) is 15.8 Å². The van der Waals surface area contributed by atoms with Crippen molar-refractivity contribution in [2.24, 2.45) is 5.73 Å². The Hall–Kier alpha value is -0.200. The van der Waals surface area contributed by atoms with Gasteiger partial charge in [0.2, 0.25) is 0 Å². The lowest BCUT2D eigenvalue weighted by molar-refractivity contribution is 0.181. The van der Waals surface area contributed by atoms with Crippen LogP contribution in [0.5, 0.6) is 0 Å². The van der Waals surface area contributed by atoms with Gasteiger partial charge in [0.25, 0.3) is 0 Å². The average Bonchev–Trinajstić information content (AvgIpc) is 2.17. The lowest BCUT2D eigenvalue weighted by atomic mass is 10.4. The smallest absolute Gasteiger partial charge is 0.0443 e. The van der Waals surface area contributed by atoms with Gasteiger partial charge < -0.3 is 16.2 Å². The minimum Gasteiger partial charge on any atom is -0.396 e. The molecule has 13 heavy (non-hydrogen) atoms. The number of nitrogens with one attached hydrogen (secondary N) is 2. The fourth-order valence-electron chi connectivity index (χ4n) is 1.04. The van der Waals surface area contributed by atoms with Gasteiger partial charge in [-0.25, -0.2) is 5.01 Å². The lowest BCUT2D eigenvalue weighted by Crippen LogP contribution is -2.41. The summed E-state index contributed by atoms with van der Waals surface area (Å²) in [6, 6.07) is 0. The molecular weight excluding hydrogens is 168 g/mol. The van der Waals surface area contributed by atoms with Gasteiger partial charge in [0, 0.05) is 39.3 Å². The van der Waals surface area contributed by atoms with E-state index in [9.17, 15) is 0 Å². The van der Waals surface area contributed by atoms with Crippen molar-refractivity contribution in [2.75, 3.05) is 46.4 Å². The highest BCUT2D eigenvalue weighted by molar-refractivity contribution is 4.54. The maximum absolute atomic E-state index is 8.63. The van der Waals surface area contributed by atoms with Crippen molar-refractivity contribution >= 4 is 0 Å². The standard InChI is InChI=1S/C8H22N4O/c1-10-12(6-2-8-13)7-5-11-4-3-9/h10-11,13H,2-9H2,1H3. The first-order chi connectivity index (χ1) is 6.35. The summed E-state index contributed by atoms with van der Waals surface area (Å²) in [5.74, 6) is 0. The summed E-state index contributed by atoms with van der Waals surface area (Å²) in [5, 5.41) is 13.9. The number of nitrogens with two attached hydrogens (primary N) is 1. The van der Waals surface area contributed by atoms with Crippen LogP contribution in [0.3, 0.4) is 0 Å². The molecule has 0 aromatic rings. The van der Waals surface area contributed by atoms with Crippen LogP contribution in [0.1, 0.15) is 6.42 Å². The number of hydrogen-bond donors (Lipinski definition) is 4. The number of rotatable bonds is 9. The molecule has 0 saturated carbocycles. The molecule has 0 spiro atoms. The van der Waals surface area contributed by atoms with Gasteiger partial charge in [-0.15, -0.1) is 0 Å². The number of hydrogen-bond acceptors (Lipinski definition) is 5. The van der Waals surface area contributed by atoms with Crippen molar-refractivity contribution < 1.29 is 5.11 Å². The number of aliphatic hydroxyl groups is 1. The monoisotopic (exact) mass is 190 g/mol. The summed E-state index contributed by atoms with van der Waals surface area (Å²) >= 11 is 0. The Balaban J connectivity index is 3.25. The van der Waals surface area contributed by atoms with Gasteiger partial charge in [0.1, 0.15) is 0 Å². The quantitative estimate of drug-likeness (QED) is 0.259. The van der Waals surface area contributed by atoms with E-state index in [4.69, 9.17) is 10.8 Å². The third-order valence-electron chi connectivity index (χ3n) is 1.78. The zero-order valence-electron chi connectivity index (χ0n) is 8.42. The maximum Gasteiger partial charge on any atom is 0.0443 e. The molecule has 0 fully saturated rings. The topological polar surface area (TPSA) is 73.5 Å². The van der Waals surface area contributed by atoms with Gasteiger partial charge in [-0.05, 0) is 13.5 Å². The zero-order chi connectivity index (χ0) is 9.94. The molecule has 0 aromatic carbocycles. The molecule has 0 aromatic heterocycles. The number of nitrogens with zero attached hydrogens (tertiary/aromatic N) is 1. The van der Waals surface area contributed by atoms with Crippen molar-refractivity contribution in [3.63, 3.8) is 0 Å². The van der Waals surface area contributed by atoms with E-state index < -0.39 is 0 Å². The highest BCUT2D eigenvalue weighted by Crippen LogP contribution is 1.84. The highest BCUT2D eigenvalue weighted by Gasteiger charge is 1.99.